The van der Waals surface area contributed by atoms with E-state index in [4.69, 9.17) is 5.73 Å². The minimum Gasteiger partial charge on any atom is -0.370 e. The SMILES string of the molecule is CCCn1ccc(CNCCC(N)=O)c1. The fourth-order valence-corrected chi connectivity index (χ4v) is 1.44. The van der Waals surface area contributed by atoms with Crippen LogP contribution in [0.4, 0.5) is 0 Å². The lowest BCUT2D eigenvalue weighted by Crippen LogP contribution is -2.21. The van der Waals surface area contributed by atoms with E-state index in [2.05, 4.69) is 35.3 Å². The molecule has 0 saturated heterocycles. The lowest BCUT2D eigenvalue weighted by atomic mass is 10.3. The molecule has 3 N–H and O–H groups in total. The van der Waals surface area contributed by atoms with Gasteiger partial charge in [-0.2, -0.15) is 0 Å². The summed E-state index contributed by atoms with van der Waals surface area (Å²) in [6.07, 6.45) is 5.74. The molecule has 15 heavy (non-hydrogen) atoms. The van der Waals surface area contributed by atoms with Crippen molar-refractivity contribution in [1.29, 1.82) is 0 Å². The Bertz CT molecular complexity index is 307. The Hall–Kier alpha value is -1.29. The van der Waals surface area contributed by atoms with E-state index in [1.807, 2.05) is 0 Å². The molecular formula is C11H19N3O. The van der Waals surface area contributed by atoms with Gasteiger partial charge in [-0.15, -0.1) is 0 Å². The van der Waals surface area contributed by atoms with Crippen LogP contribution in [0.25, 0.3) is 0 Å². The first kappa shape index (κ1) is 11.8. The maximum atomic E-state index is 10.5. The second kappa shape index (κ2) is 6.24. The Morgan fingerprint density at radius 3 is 3.07 bits per heavy atom. The predicted molar refractivity (Wildman–Crippen MR) is 60.2 cm³/mol. The number of hydrogen-bond donors (Lipinski definition) is 2. The van der Waals surface area contributed by atoms with Crippen LogP contribution in [-0.2, 0) is 17.9 Å². The standard InChI is InChI=1S/C11H19N3O/c1-2-6-14-7-4-10(9-14)8-13-5-3-11(12)15/h4,7,9,13H,2-3,5-6,8H2,1H3,(H2,12,15). The molecule has 4 heteroatoms. The summed E-state index contributed by atoms with van der Waals surface area (Å²) in [7, 11) is 0. The maximum absolute atomic E-state index is 10.5. The smallest absolute Gasteiger partial charge is 0.218 e. The predicted octanol–water partition coefficient (Wildman–Crippen LogP) is 0.863. The van der Waals surface area contributed by atoms with Crippen LogP contribution in [0.15, 0.2) is 18.5 Å². The molecule has 1 heterocycles. The van der Waals surface area contributed by atoms with Crippen LogP contribution >= 0.6 is 0 Å². The molecule has 0 saturated carbocycles. The van der Waals surface area contributed by atoms with Crippen LogP contribution in [-0.4, -0.2) is 17.0 Å². The van der Waals surface area contributed by atoms with Crippen molar-refractivity contribution in [1.82, 2.24) is 9.88 Å². The van der Waals surface area contributed by atoms with Gasteiger partial charge in [0.2, 0.25) is 5.91 Å². The minimum atomic E-state index is -0.258. The molecule has 0 radical (unpaired) electrons. The highest BCUT2D eigenvalue weighted by molar-refractivity contribution is 5.73. The molecule has 1 amide bonds. The van der Waals surface area contributed by atoms with Crippen LogP contribution in [0.3, 0.4) is 0 Å². The van der Waals surface area contributed by atoms with E-state index in [-0.39, 0.29) is 5.91 Å². The van der Waals surface area contributed by atoms with Gasteiger partial charge in [0.05, 0.1) is 0 Å². The molecule has 0 fully saturated rings. The summed E-state index contributed by atoms with van der Waals surface area (Å²) in [5.41, 5.74) is 6.28. The summed E-state index contributed by atoms with van der Waals surface area (Å²) in [6, 6.07) is 2.09. The molecule has 0 spiro atoms. The number of aromatic nitrogens is 1. The van der Waals surface area contributed by atoms with Gasteiger partial charge in [0.1, 0.15) is 0 Å². The van der Waals surface area contributed by atoms with Gasteiger partial charge in [0.25, 0.3) is 0 Å². The number of amides is 1. The Kier molecular flexibility index (Phi) is 4.90. The molecule has 1 aromatic rings. The molecular weight excluding hydrogens is 190 g/mol. The van der Waals surface area contributed by atoms with Crippen molar-refractivity contribution >= 4 is 5.91 Å². The summed E-state index contributed by atoms with van der Waals surface area (Å²) in [5.74, 6) is -0.258. The Morgan fingerprint density at radius 1 is 1.60 bits per heavy atom. The van der Waals surface area contributed by atoms with E-state index < -0.39 is 0 Å². The van der Waals surface area contributed by atoms with Gasteiger partial charge in [-0.25, -0.2) is 0 Å². The lowest BCUT2D eigenvalue weighted by molar-refractivity contribution is -0.117. The van der Waals surface area contributed by atoms with Crippen molar-refractivity contribution in [3.05, 3.63) is 24.0 Å². The summed E-state index contributed by atoms with van der Waals surface area (Å²) in [6.45, 7) is 4.66. The molecule has 1 aromatic heterocycles. The highest BCUT2D eigenvalue weighted by atomic mass is 16.1. The Labute approximate surface area is 90.5 Å². The van der Waals surface area contributed by atoms with Crippen LogP contribution in [0.1, 0.15) is 25.3 Å². The highest BCUT2D eigenvalue weighted by Crippen LogP contribution is 2.01. The topological polar surface area (TPSA) is 60.1 Å². The number of hydrogen-bond acceptors (Lipinski definition) is 2. The maximum Gasteiger partial charge on any atom is 0.218 e. The zero-order valence-corrected chi connectivity index (χ0v) is 9.20. The lowest BCUT2D eigenvalue weighted by Gasteiger charge is -2.01. The second-order valence-corrected chi connectivity index (χ2v) is 3.65. The zero-order valence-electron chi connectivity index (χ0n) is 9.20. The number of nitrogens with two attached hydrogens (primary N) is 1. The fraction of sp³-hybridized carbons (Fsp3) is 0.545. The molecule has 84 valence electrons. The second-order valence-electron chi connectivity index (χ2n) is 3.65. The average Bonchev–Trinajstić information content (AvgIpc) is 2.61. The van der Waals surface area contributed by atoms with E-state index in [9.17, 15) is 4.79 Å². The van der Waals surface area contributed by atoms with Gasteiger partial charge < -0.3 is 15.6 Å². The number of rotatable bonds is 7. The first-order valence-electron chi connectivity index (χ1n) is 5.36. The zero-order chi connectivity index (χ0) is 11.1. The molecule has 0 aromatic carbocycles. The molecule has 0 aliphatic rings. The molecule has 0 bridgehead atoms. The van der Waals surface area contributed by atoms with Crippen LogP contribution in [0.2, 0.25) is 0 Å². The van der Waals surface area contributed by atoms with Crippen molar-refractivity contribution < 1.29 is 4.79 Å². The summed E-state index contributed by atoms with van der Waals surface area (Å²) < 4.78 is 2.17. The van der Waals surface area contributed by atoms with E-state index in [0.717, 1.165) is 19.5 Å². The van der Waals surface area contributed by atoms with Gasteiger partial charge in [-0.05, 0) is 18.1 Å². The van der Waals surface area contributed by atoms with E-state index >= 15 is 0 Å². The number of aryl methyl sites for hydroxylation is 1. The number of nitrogens with zero attached hydrogens (tertiary/aromatic N) is 1. The van der Waals surface area contributed by atoms with Crippen molar-refractivity contribution in [3.8, 4) is 0 Å². The average molecular weight is 209 g/mol. The van der Waals surface area contributed by atoms with Gasteiger partial charge in [0.15, 0.2) is 0 Å². The highest BCUT2D eigenvalue weighted by Gasteiger charge is 1.97. The van der Waals surface area contributed by atoms with Crippen molar-refractivity contribution in [2.75, 3.05) is 6.54 Å². The van der Waals surface area contributed by atoms with Crippen molar-refractivity contribution in [2.45, 2.75) is 32.9 Å². The van der Waals surface area contributed by atoms with E-state index in [1.165, 1.54) is 5.56 Å². The van der Waals surface area contributed by atoms with E-state index in [1.54, 1.807) is 0 Å². The molecule has 0 aliphatic carbocycles. The number of primary amides is 1. The van der Waals surface area contributed by atoms with Crippen molar-refractivity contribution in [2.24, 2.45) is 5.73 Å². The van der Waals surface area contributed by atoms with Crippen LogP contribution < -0.4 is 11.1 Å². The third-order valence-corrected chi connectivity index (χ3v) is 2.17. The summed E-state index contributed by atoms with van der Waals surface area (Å²) in [4.78, 5) is 10.5. The number of nitrogens with one attached hydrogen (secondary N) is 1. The van der Waals surface area contributed by atoms with Crippen LogP contribution in [0.5, 0.6) is 0 Å². The van der Waals surface area contributed by atoms with Gasteiger partial charge in [0, 0.05) is 38.4 Å². The van der Waals surface area contributed by atoms with Gasteiger partial charge in [-0.3, -0.25) is 4.79 Å². The normalized spacial score (nSPS) is 10.5. The van der Waals surface area contributed by atoms with Gasteiger partial charge in [-0.1, -0.05) is 6.92 Å². The van der Waals surface area contributed by atoms with Gasteiger partial charge >= 0.3 is 0 Å². The minimum absolute atomic E-state index is 0.258. The van der Waals surface area contributed by atoms with E-state index in [0.29, 0.717) is 13.0 Å². The molecule has 0 unspecified atom stereocenters. The summed E-state index contributed by atoms with van der Waals surface area (Å²) in [5, 5.41) is 3.17. The quantitative estimate of drug-likeness (QED) is 0.654. The number of carbonyl (C=O) groups is 1. The molecule has 0 atom stereocenters. The van der Waals surface area contributed by atoms with Crippen molar-refractivity contribution in [3.63, 3.8) is 0 Å². The summed E-state index contributed by atoms with van der Waals surface area (Å²) >= 11 is 0. The van der Waals surface area contributed by atoms with Crippen LogP contribution in [0, 0.1) is 0 Å². The third-order valence-electron chi connectivity index (χ3n) is 2.17. The number of carbonyl (C=O) groups excluding carboxylic acids is 1. The first-order valence-corrected chi connectivity index (χ1v) is 5.36. The monoisotopic (exact) mass is 209 g/mol. The molecule has 0 aliphatic heterocycles. The first-order chi connectivity index (χ1) is 7.22. The third kappa shape index (κ3) is 4.65. The molecule has 1 rings (SSSR count). The Balaban J connectivity index is 2.22. The Morgan fingerprint density at radius 2 is 2.40 bits per heavy atom. The fourth-order valence-electron chi connectivity index (χ4n) is 1.44. The largest absolute Gasteiger partial charge is 0.370 e. The molecule has 4 nitrogen and oxygen atoms in total.